The van der Waals surface area contributed by atoms with Gasteiger partial charge in [-0.2, -0.15) is 4.31 Å². The van der Waals surface area contributed by atoms with Crippen molar-refractivity contribution in [1.82, 2.24) is 9.21 Å². The van der Waals surface area contributed by atoms with Gasteiger partial charge in [0.15, 0.2) is 0 Å². The molecule has 0 bridgehead atoms. The summed E-state index contributed by atoms with van der Waals surface area (Å²) in [5.74, 6) is 0.0883. The van der Waals surface area contributed by atoms with Crippen LogP contribution in [0.1, 0.15) is 26.7 Å². The van der Waals surface area contributed by atoms with Crippen LogP contribution in [-0.2, 0) is 14.8 Å². The Hall–Kier alpha value is -1.16. The first-order valence-corrected chi connectivity index (χ1v) is 11.5. The van der Waals surface area contributed by atoms with Gasteiger partial charge in [0.05, 0.1) is 10.6 Å². The highest BCUT2D eigenvalue weighted by molar-refractivity contribution is 8.23. The zero-order valence-electron chi connectivity index (χ0n) is 15.1. The molecule has 0 spiro atoms. The van der Waals surface area contributed by atoms with Crippen molar-refractivity contribution in [2.45, 2.75) is 31.6 Å². The molecule has 0 atom stereocenters. The zero-order valence-corrected chi connectivity index (χ0v) is 17.6. The number of rotatable bonds is 7. The van der Waals surface area contributed by atoms with Crippen LogP contribution in [0.25, 0.3) is 0 Å². The third-order valence-electron chi connectivity index (χ3n) is 4.17. The zero-order chi connectivity index (χ0) is 19.2. The summed E-state index contributed by atoms with van der Waals surface area (Å²) in [4.78, 5) is 14.4. The number of hydrogen-bond acceptors (Lipinski definition) is 5. The number of hydrogen-bond donors (Lipinski definition) is 1. The van der Waals surface area contributed by atoms with Crippen molar-refractivity contribution in [1.29, 1.82) is 0 Å². The Balaban J connectivity index is 1.90. The van der Waals surface area contributed by atoms with E-state index in [9.17, 15) is 13.2 Å². The van der Waals surface area contributed by atoms with Crippen LogP contribution in [0, 0.1) is 0 Å². The Morgan fingerprint density at radius 2 is 1.77 bits per heavy atom. The van der Waals surface area contributed by atoms with Crippen LogP contribution in [-0.4, -0.2) is 59.8 Å². The third kappa shape index (κ3) is 5.42. The number of carbonyl (C=O) groups is 1. The molecule has 1 saturated heterocycles. The van der Waals surface area contributed by atoms with E-state index in [4.69, 9.17) is 12.2 Å². The molecule has 1 aliphatic rings. The Labute approximate surface area is 165 Å². The highest BCUT2D eigenvalue weighted by Crippen LogP contribution is 2.19. The van der Waals surface area contributed by atoms with Gasteiger partial charge in [0.1, 0.15) is 4.32 Å². The fourth-order valence-corrected chi connectivity index (χ4v) is 5.25. The average Bonchev–Trinajstić information content (AvgIpc) is 3.16. The van der Waals surface area contributed by atoms with Gasteiger partial charge in [-0.05, 0) is 37.1 Å². The summed E-state index contributed by atoms with van der Waals surface area (Å²) >= 11 is 6.70. The molecule has 1 fully saturated rings. The molecule has 0 saturated carbocycles. The van der Waals surface area contributed by atoms with E-state index in [1.165, 1.54) is 28.2 Å². The minimum Gasteiger partial charge on any atom is -0.358 e. The first kappa shape index (κ1) is 21.1. The van der Waals surface area contributed by atoms with E-state index in [0.717, 1.165) is 30.3 Å². The summed E-state index contributed by atoms with van der Waals surface area (Å²) in [6.07, 6.45) is 2.30. The first-order valence-electron chi connectivity index (χ1n) is 8.70. The molecule has 1 aromatic carbocycles. The molecular weight excluding hydrogens is 390 g/mol. The standard InChI is InChI=1S/C17H25N3O3S3/c1-3-20(4-2)26(22,23)15-9-7-14(8-10-15)18-16(21)13-25-17(24)19-11-5-6-12-19/h7-10H,3-6,11-13H2,1-2H3,(H,18,21). The van der Waals surface area contributed by atoms with E-state index < -0.39 is 10.0 Å². The average molecular weight is 416 g/mol. The van der Waals surface area contributed by atoms with Gasteiger partial charge in [0.25, 0.3) is 0 Å². The maximum absolute atomic E-state index is 12.4. The second kappa shape index (κ2) is 9.68. The second-order valence-electron chi connectivity index (χ2n) is 5.91. The van der Waals surface area contributed by atoms with Crippen molar-refractivity contribution in [3.05, 3.63) is 24.3 Å². The summed E-state index contributed by atoms with van der Waals surface area (Å²) in [7, 11) is -3.48. The van der Waals surface area contributed by atoms with E-state index in [-0.39, 0.29) is 16.6 Å². The predicted molar refractivity (Wildman–Crippen MR) is 111 cm³/mol. The smallest absolute Gasteiger partial charge is 0.243 e. The molecule has 1 amide bonds. The lowest BCUT2D eigenvalue weighted by Gasteiger charge is -2.18. The van der Waals surface area contributed by atoms with E-state index in [0.29, 0.717) is 18.8 Å². The molecule has 9 heteroatoms. The van der Waals surface area contributed by atoms with Gasteiger partial charge < -0.3 is 10.2 Å². The van der Waals surface area contributed by atoms with Gasteiger partial charge in [-0.1, -0.05) is 37.8 Å². The number of sulfonamides is 1. The number of amides is 1. The molecule has 2 rings (SSSR count). The quantitative estimate of drug-likeness (QED) is 0.691. The molecule has 0 aromatic heterocycles. The number of nitrogens with zero attached hydrogens (tertiary/aromatic N) is 2. The number of anilines is 1. The van der Waals surface area contributed by atoms with Crippen molar-refractivity contribution in [3.8, 4) is 0 Å². The molecule has 0 unspecified atom stereocenters. The first-order chi connectivity index (χ1) is 12.4. The summed E-state index contributed by atoms with van der Waals surface area (Å²) < 4.78 is 27.1. The molecule has 144 valence electrons. The van der Waals surface area contributed by atoms with Crippen LogP contribution in [0.4, 0.5) is 5.69 Å². The van der Waals surface area contributed by atoms with Gasteiger partial charge >= 0.3 is 0 Å². The normalized spacial score (nSPS) is 14.7. The molecule has 1 aliphatic heterocycles. The Morgan fingerprint density at radius 1 is 1.19 bits per heavy atom. The lowest BCUT2D eigenvalue weighted by atomic mass is 10.3. The lowest BCUT2D eigenvalue weighted by Crippen LogP contribution is -2.30. The Kier molecular flexibility index (Phi) is 7.87. The van der Waals surface area contributed by atoms with Crippen LogP contribution in [0.5, 0.6) is 0 Å². The molecule has 1 heterocycles. The number of thiocarbonyl (C=S) groups is 1. The summed E-state index contributed by atoms with van der Waals surface area (Å²) in [6.45, 7) is 6.39. The van der Waals surface area contributed by atoms with E-state index in [2.05, 4.69) is 10.2 Å². The number of carbonyl (C=O) groups excluding carboxylic acids is 1. The Bertz CT molecular complexity index is 725. The largest absolute Gasteiger partial charge is 0.358 e. The van der Waals surface area contributed by atoms with Crippen molar-refractivity contribution < 1.29 is 13.2 Å². The maximum Gasteiger partial charge on any atom is 0.243 e. The topological polar surface area (TPSA) is 69.7 Å². The number of nitrogens with one attached hydrogen (secondary N) is 1. The number of benzene rings is 1. The molecule has 0 radical (unpaired) electrons. The van der Waals surface area contributed by atoms with Crippen LogP contribution >= 0.6 is 24.0 Å². The second-order valence-corrected chi connectivity index (χ2v) is 9.46. The summed E-state index contributed by atoms with van der Waals surface area (Å²) in [5, 5.41) is 2.78. The maximum atomic E-state index is 12.4. The van der Waals surface area contributed by atoms with Crippen molar-refractivity contribution in [3.63, 3.8) is 0 Å². The fraction of sp³-hybridized carbons (Fsp3) is 0.529. The van der Waals surface area contributed by atoms with Gasteiger partial charge in [-0.15, -0.1) is 0 Å². The molecule has 1 aromatic rings. The fourth-order valence-electron chi connectivity index (χ4n) is 2.74. The molecular formula is C17H25N3O3S3. The Morgan fingerprint density at radius 3 is 2.31 bits per heavy atom. The van der Waals surface area contributed by atoms with E-state index in [1.807, 2.05) is 0 Å². The molecule has 26 heavy (non-hydrogen) atoms. The van der Waals surface area contributed by atoms with Gasteiger partial charge in [-0.25, -0.2) is 8.42 Å². The van der Waals surface area contributed by atoms with Crippen molar-refractivity contribution in [2.24, 2.45) is 0 Å². The minimum absolute atomic E-state index is 0.157. The van der Waals surface area contributed by atoms with Crippen LogP contribution in [0.2, 0.25) is 0 Å². The van der Waals surface area contributed by atoms with Crippen LogP contribution in [0.15, 0.2) is 29.2 Å². The third-order valence-corrected chi connectivity index (χ3v) is 7.76. The van der Waals surface area contributed by atoms with E-state index >= 15 is 0 Å². The van der Waals surface area contributed by atoms with Gasteiger partial charge in [-0.3, -0.25) is 4.79 Å². The van der Waals surface area contributed by atoms with Crippen LogP contribution < -0.4 is 5.32 Å². The SMILES string of the molecule is CCN(CC)S(=O)(=O)c1ccc(NC(=O)CSC(=S)N2CCCC2)cc1. The minimum atomic E-state index is -3.48. The molecule has 6 nitrogen and oxygen atoms in total. The lowest BCUT2D eigenvalue weighted by molar-refractivity contribution is -0.113. The summed E-state index contributed by atoms with van der Waals surface area (Å²) in [5.41, 5.74) is 0.571. The van der Waals surface area contributed by atoms with E-state index in [1.54, 1.807) is 26.0 Å². The molecule has 1 N–H and O–H groups in total. The van der Waals surface area contributed by atoms with Crippen LogP contribution in [0.3, 0.4) is 0 Å². The van der Waals surface area contributed by atoms with Gasteiger partial charge in [0.2, 0.25) is 15.9 Å². The molecule has 0 aliphatic carbocycles. The highest BCUT2D eigenvalue weighted by atomic mass is 32.2. The number of thioether (sulfide) groups is 1. The van der Waals surface area contributed by atoms with Gasteiger partial charge in [0, 0.05) is 31.9 Å². The van der Waals surface area contributed by atoms with Crippen molar-refractivity contribution in [2.75, 3.05) is 37.2 Å². The monoisotopic (exact) mass is 415 g/mol. The van der Waals surface area contributed by atoms with Crippen molar-refractivity contribution >= 4 is 49.9 Å². The number of likely N-dealkylation sites (tertiary alicyclic amines) is 1. The highest BCUT2D eigenvalue weighted by Gasteiger charge is 2.21. The summed E-state index contributed by atoms with van der Waals surface area (Å²) in [6, 6.07) is 6.26. The predicted octanol–water partition coefficient (Wildman–Crippen LogP) is 2.77.